The molecule has 1 fully saturated rings. The van der Waals surface area contributed by atoms with Crippen molar-refractivity contribution in [3.05, 3.63) is 47.0 Å². The lowest BCUT2D eigenvalue weighted by Crippen LogP contribution is -2.43. The van der Waals surface area contributed by atoms with E-state index in [0.717, 1.165) is 9.37 Å². The Hall–Kier alpha value is -2.15. The lowest BCUT2D eigenvalue weighted by Gasteiger charge is -2.22. The van der Waals surface area contributed by atoms with Crippen molar-refractivity contribution in [1.29, 1.82) is 0 Å². The summed E-state index contributed by atoms with van der Waals surface area (Å²) in [6.45, 7) is 5.07. The summed E-state index contributed by atoms with van der Waals surface area (Å²) < 4.78 is 0.801. The summed E-state index contributed by atoms with van der Waals surface area (Å²) in [5.74, 6) is -0.869. The molecule has 22 heavy (non-hydrogen) atoms. The summed E-state index contributed by atoms with van der Waals surface area (Å²) in [6, 6.07) is 6.54. The number of amides is 4. The third kappa shape index (κ3) is 3.04. The van der Waals surface area contributed by atoms with Gasteiger partial charge in [-0.05, 0) is 24.6 Å². The second kappa shape index (κ2) is 6.31. The molecule has 7 heteroatoms. The van der Waals surface area contributed by atoms with E-state index in [1.807, 2.05) is 6.07 Å². The largest absolute Gasteiger partial charge is 0.351 e. The molecular formula is C15H16BrN3O3. The molecule has 2 N–H and O–H groups in total. The first kappa shape index (κ1) is 16.2. The summed E-state index contributed by atoms with van der Waals surface area (Å²) in [5, 5.41) is 5.19. The standard InChI is InChI=1S/C15H16BrN3O3/c1-3-7-17-12(20)9-19-13(21)15(2,18-14(19)22)10-5-4-6-11(16)8-10/h3-6,8H,1,7,9H2,2H3,(H,17,20)(H,18,22)/t15-/m0/s1. The first-order chi connectivity index (χ1) is 10.4. The number of halogens is 1. The summed E-state index contributed by atoms with van der Waals surface area (Å²) in [5.41, 5.74) is -0.534. The zero-order valence-corrected chi connectivity index (χ0v) is 13.6. The Labute approximate surface area is 136 Å². The minimum Gasteiger partial charge on any atom is -0.351 e. The van der Waals surface area contributed by atoms with Crippen LogP contribution >= 0.6 is 15.9 Å². The van der Waals surface area contributed by atoms with Gasteiger partial charge in [0, 0.05) is 11.0 Å². The van der Waals surface area contributed by atoms with Crippen molar-refractivity contribution in [2.75, 3.05) is 13.1 Å². The molecule has 6 nitrogen and oxygen atoms in total. The first-order valence-electron chi connectivity index (χ1n) is 6.66. The van der Waals surface area contributed by atoms with Gasteiger partial charge in [0.05, 0.1) is 0 Å². The molecule has 0 saturated carbocycles. The van der Waals surface area contributed by atoms with Crippen LogP contribution in [0.1, 0.15) is 12.5 Å². The number of hydrogen-bond acceptors (Lipinski definition) is 3. The summed E-state index contributed by atoms with van der Waals surface area (Å²) in [6.07, 6.45) is 1.52. The van der Waals surface area contributed by atoms with Gasteiger partial charge in [-0.1, -0.05) is 34.1 Å². The van der Waals surface area contributed by atoms with E-state index in [1.165, 1.54) is 6.08 Å². The van der Waals surface area contributed by atoms with E-state index < -0.39 is 23.4 Å². The predicted octanol–water partition coefficient (Wildman–Crippen LogP) is 1.52. The molecule has 4 amide bonds. The molecule has 1 aliphatic rings. The second-order valence-corrected chi connectivity index (χ2v) is 5.97. The molecular weight excluding hydrogens is 350 g/mol. The van der Waals surface area contributed by atoms with Gasteiger partial charge < -0.3 is 10.6 Å². The maximum atomic E-state index is 12.6. The highest BCUT2D eigenvalue weighted by atomic mass is 79.9. The van der Waals surface area contributed by atoms with Crippen LogP contribution in [0.4, 0.5) is 4.79 Å². The fourth-order valence-corrected chi connectivity index (χ4v) is 2.62. The van der Waals surface area contributed by atoms with Gasteiger partial charge in [0.2, 0.25) is 5.91 Å². The van der Waals surface area contributed by atoms with Gasteiger partial charge in [-0.2, -0.15) is 0 Å². The van der Waals surface area contributed by atoms with E-state index in [1.54, 1.807) is 25.1 Å². The highest BCUT2D eigenvalue weighted by Gasteiger charge is 2.49. The molecule has 0 unspecified atom stereocenters. The van der Waals surface area contributed by atoms with Crippen molar-refractivity contribution in [1.82, 2.24) is 15.5 Å². The van der Waals surface area contributed by atoms with E-state index >= 15 is 0 Å². The molecule has 0 aliphatic carbocycles. The summed E-state index contributed by atoms with van der Waals surface area (Å²) in [7, 11) is 0. The molecule has 1 atom stereocenters. The molecule has 1 aliphatic heterocycles. The third-order valence-corrected chi connectivity index (χ3v) is 3.92. The molecule has 0 aromatic heterocycles. The number of hydrogen-bond donors (Lipinski definition) is 2. The predicted molar refractivity (Wildman–Crippen MR) is 84.9 cm³/mol. The monoisotopic (exact) mass is 365 g/mol. The number of carbonyl (C=O) groups is 3. The Bertz CT molecular complexity index is 647. The van der Waals surface area contributed by atoms with Gasteiger partial charge in [-0.25, -0.2) is 4.79 Å². The van der Waals surface area contributed by atoms with E-state index in [9.17, 15) is 14.4 Å². The molecule has 0 spiro atoms. The SMILES string of the molecule is C=CCNC(=O)CN1C(=O)N[C@@](C)(c2cccc(Br)c2)C1=O. The maximum Gasteiger partial charge on any atom is 0.325 e. The minimum absolute atomic E-state index is 0.283. The topological polar surface area (TPSA) is 78.5 Å². The molecule has 1 aromatic rings. The fourth-order valence-electron chi connectivity index (χ4n) is 2.22. The average Bonchev–Trinajstić information content (AvgIpc) is 2.70. The van der Waals surface area contributed by atoms with Crippen LogP contribution in [0.15, 0.2) is 41.4 Å². The molecule has 1 heterocycles. The van der Waals surface area contributed by atoms with Crippen molar-refractivity contribution < 1.29 is 14.4 Å². The van der Waals surface area contributed by atoms with Crippen LogP contribution in [0, 0.1) is 0 Å². The summed E-state index contributed by atoms with van der Waals surface area (Å²) >= 11 is 3.34. The van der Waals surface area contributed by atoms with Crippen LogP contribution in [-0.4, -0.2) is 35.8 Å². The van der Waals surface area contributed by atoms with Crippen molar-refractivity contribution in [3.8, 4) is 0 Å². The summed E-state index contributed by atoms with van der Waals surface area (Å²) in [4.78, 5) is 37.3. The Morgan fingerprint density at radius 3 is 2.86 bits per heavy atom. The number of urea groups is 1. The van der Waals surface area contributed by atoms with Gasteiger partial charge in [-0.3, -0.25) is 14.5 Å². The van der Waals surface area contributed by atoms with E-state index in [2.05, 4.69) is 33.1 Å². The van der Waals surface area contributed by atoms with Gasteiger partial charge >= 0.3 is 6.03 Å². The third-order valence-electron chi connectivity index (χ3n) is 3.42. The highest BCUT2D eigenvalue weighted by molar-refractivity contribution is 9.10. The Morgan fingerprint density at radius 1 is 1.50 bits per heavy atom. The Kier molecular flexibility index (Phi) is 4.65. The number of imide groups is 1. The van der Waals surface area contributed by atoms with Gasteiger partial charge in [-0.15, -0.1) is 6.58 Å². The van der Waals surface area contributed by atoms with Crippen molar-refractivity contribution in [2.45, 2.75) is 12.5 Å². The minimum atomic E-state index is -1.18. The second-order valence-electron chi connectivity index (χ2n) is 5.05. The van der Waals surface area contributed by atoms with Crippen LogP contribution in [0.3, 0.4) is 0 Å². The zero-order valence-electron chi connectivity index (χ0n) is 12.1. The van der Waals surface area contributed by atoms with E-state index in [0.29, 0.717) is 5.56 Å². The zero-order chi connectivity index (χ0) is 16.3. The smallest absolute Gasteiger partial charge is 0.325 e. The number of nitrogens with zero attached hydrogens (tertiary/aromatic N) is 1. The molecule has 1 aromatic carbocycles. The lowest BCUT2D eigenvalue weighted by atomic mass is 9.92. The van der Waals surface area contributed by atoms with Gasteiger partial charge in [0.15, 0.2) is 0 Å². The maximum absolute atomic E-state index is 12.6. The van der Waals surface area contributed by atoms with Gasteiger partial charge in [0.1, 0.15) is 12.1 Å². The highest BCUT2D eigenvalue weighted by Crippen LogP contribution is 2.30. The lowest BCUT2D eigenvalue weighted by molar-refractivity contribution is -0.134. The number of nitrogens with one attached hydrogen (secondary N) is 2. The molecule has 0 bridgehead atoms. The van der Waals surface area contributed by atoms with Crippen LogP contribution in [0.2, 0.25) is 0 Å². The van der Waals surface area contributed by atoms with Crippen molar-refractivity contribution in [2.24, 2.45) is 0 Å². The fraction of sp³-hybridized carbons (Fsp3) is 0.267. The van der Waals surface area contributed by atoms with Crippen molar-refractivity contribution >= 4 is 33.8 Å². The average molecular weight is 366 g/mol. The molecule has 0 radical (unpaired) electrons. The van der Waals surface area contributed by atoms with Crippen LogP contribution in [0.5, 0.6) is 0 Å². The molecule has 1 saturated heterocycles. The first-order valence-corrected chi connectivity index (χ1v) is 7.45. The molecule has 2 rings (SSSR count). The number of carbonyl (C=O) groups excluding carboxylic acids is 3. The van der Waals surface area contributed by atoms with E-state index in [-0.39, 0.29) is 13.1 Å². The molecule has 116 valence electrons. The van der Waals surface area contributed by atoms with Crippen LogP contribution in [0.25, 0.3) is 0 Å². The van der Waals surface area contributed by atoms with Crippen LogP contribution in [-0.2, 0) is 15.1 Å². The van der Waals surface area contributed by atoms with Crippen LogP contribution < -0.4 is 10.6 Å². The number of rotatable bonds is 5. The Balaban J connectivity index is 2.21. The van der Waals surface area contributed by atoms with Gasteiger partial charge in [0.25, 0.3) is 5.91 Å². The van der Waals surface area contributed by atoms with Crippen molar-refractivity contribution in [3.63, 3.8) is 0 Å². The quantitative estimate of drug-likeness (QED) is 0.613. The number of benzene rings is 1. The normalized spacial score (nSPS) is 20.7. The van der Waals surface area contributed by atoms with E-state index in [4.69, 9.17) is 0 Å². The Morgan fingerprint density at radius 2 is 2.23 bits per heavy atom.